The fourth-order valence-corrected chi connectivity index (χ4v) is 3.26. The van der Waals surface area contributed by atoms with Gasteiger partial charge in [0.1, 0.15) is 12.4 Å². The topological polar surface area (TPSA) is 55.6 Å². The maximum Gasteiger partial charge on any atom is 0.276 e. The van der Waals surface area contributed by atoms with Crippen LogP contribution in [-0.4, -0.2) is 29.1 Å². The van der Waals surface area contributed by atoms with Gasteiger partial charge in [0.25, 0.3) is 5.91 Å². The van der Waals surface area contributed by atoms with Crippen molar-refractivity contribution >= 4 is 5.91 Å². The second-order valence-electron chi connectivity index (χ2n) is 7.08. The summed E-state index contributed by atoms with van der Waals surface area (Å²) >= 11 is 0. The largest absolute Gasteiger partial charge is 0.482 e. The van der Waals surface area contributed by atoms with Crippen LogP contribution in [-0.2, 0) is 6.61 Å². The number of hydrogen-bond acceptors (Lipinski definition) is 4. The molecule has 26 heavy (non-hydrogen) atoms. The Hall–Kier alpha value is -2.44. The summed E-state index contributed by atoms with van der Waals surface area (Å²) in [5, 5.41) is 3.80. The predicted molar refractivity (Wildman–Crippen MR) is 90.7 cm³/mol. The molecule has 1 aromatic heterocycles. The van der Waals surface area contributed by atoms with Crippen LogP contribution in [0.5, 0.6) is 5.75 Å². The maximum absolute atomic E-state index is 13.5. The van der Waals surface area contributed by atoms with E-state index in [-0.39, 0.29) is 24.0 Å². The minimum Gasteiger partial charge on any atom is -0.482 e. The van der Waals surface area contributed by atoms with Gasteiger partial charge in [0.15, 0.2) is 23.0 Å². The molecule has 0 aliphatic carbocycles. The number of benzene rings is 1. The van der Waals surface area contributed by atoms with Crippen LogP contribution in [0.1, 0.15) is 42.9 Å². The molecule has 0 bridgehead atoms. The van der Waals surface area contributed by atoms with Crippen molar-refractivity contribution in [3.8, 4) is 5.75 Å². The Morgan fingerprint density at radius 3 is 2.92 bits per heavy atom. The quantitative estimate of drug-likeness (QED) is 0.776. The average molecular weight is 364 g/mol. The molecule has 3 rings (SSSR count). The second kappa shape index (κ2) is 7.85. The molecule has 1 atom stereocenters. The standard InChI is InChI=1S/C19H22F2N2O3/c1-12(2)7-13-5-6-23(10-13)19(24)17-9-15(26-22-17)11-25-18-4-3-14(20)8-16(18)21/h3-4,8-9,12-13H,5-7,10-11H2,1-2H3/t13-/m1/s1. The summed E-state index contributed by atoms with van der Waals surface area (Å²) in [6.07, 6.45) is 2.10. The Bertz CT molecular complexity index is 776. The molecular weight excluding hydrogens is 342 g/mol. The zero-order chi connectivity index (χ0) is 18.7. The Labute approximate surface area is 150 Å². The molecule has 1 aliphatic rings. The lowest BCUT2D eigenvalue weighted by Crippen LogP contribution is -2.29. The van der Waals surface area contributed by atoms with Gasteiger partial charge in [-0.3, -0.25) is 4.79 Å². The highest BCUT2D eigenvalue weighted by molar-refractivity contribution is 5.92. The minimum atomic E-state index is -0.797. The average Bonchev–Trinajstić information content (AvgIpc) is 3.22. The number of nitrogens with zero attached hydrogens (tertiary/aromatic N) is 2. The summed E-state index contributed by atoms with van der Waals surface area (Å²) in [4.78, 5) is 14.3. The third-order valence-corrected chi connectivity index (χ3v) is 4.42. The summed E-state index contributed by atoms with van der Waals surface area (Å²) in [5.41, 5.74) is 0.216. The van der Waals surface area contributed by atoms with Crippen LogP contribution < -0.4 is 4.74 Å². The Kier molecular flexibility index (Phi) is 5.54. The van der Waals surface area contributed by atoms with Gasteiger partial charge in [-0.05, 0) is 36.8 Å². The first kappa shape index (κ1) is 18.4. The highest BCUT2D eigenvalue weighted by atomic mass is 19.1. The first-order valence-electron chi connectivity index (χ1n) is 8.75. The first-order valence-corrected chi connectivity index (χ1v) is 8.75. The van der Waals surface area contributed by atoms with Crippen molar-refractivity contribution in [1.82, 2.24) is 10.1 Å². The number of halogens is 2. The van der Waals surface area contributed by atoms with Crippen molar-refractivity contribution in [2.45, 2.75) is 33.3 Å². The fraction of sp³-hybridized carbons (Fsp3) is 0.474. The van der Waals surface area contributed by atoms with Crippen LogP contribution in [0.25, 0.3) is 0 Å². The van der Waals surface area contributed by atoms with Gasteiger partial charge < -0.3 is 14.2 Å². The molecule has 1 saturated heterocycles. The van der Waals surface area contributed by atoms with Gasteiger partial charge in [-0.2, -0.15) is 0 Å². The molecule has 1 fully saturated rings. The smallest absolute Gasteiger partial charge is 0.276 e. The van der Waals surface area contributed by atoms with Crippen LogP contribution in [0.3, 0.4) is 0 Å². The van der Waals surface area contributed by atoms with Crippen molar-refractivity contribution in [2.75, 3.05) is 13.1 Å². The van der Waals surface area contributed by atoms with Crippen molar-refractivity contribution in [1.29, 1.82) is 0 Å². The Morgan fingerprint density at radius 1 is 1.38 bits per heavy atom. The molecule has 0 radical (unpaired) electrons. The van der Waals surface area contributed by atoms with Crippen molar-refractivity contribution in [3.63, 3.8) is 0 Å². The predicted octanol–water partition coefficient (Wildman–Crippen LogP) is 4.04. The summed E-state index contributed by atoms with van der Waals surface area (Å²) in [6, 6.07) is 4.55. The minimum absolute atomic E-state index is 0.0910. The summed E-state index contributed by atoms with van der Waals surface area (Å²) < 4.78 is 36.8. The third kappa shape index (κ3) is 4.39. The Balaban J connectivity index is 1.56. The molecule has 7 heteroatoms. The summed E-state index contributed by atoms with van der Waals surface area (Å²) in [5.74, 6) is -0.299. The molecule has 0 spiro atoms. The Morgan fingerprint density at radius 2 is 2.19 bits per heavy atom. The first-order chi connectivity index (χ1) is 12.4. The third-order valence-electron chi connectivity index (χ3n) is 4.42. The van der Waals surface area contributed by atoms with E-state index in [2.05, 4.69) is 19.0 Å². The van der Waals surface area contributed by atoms with E-state index >= 15 is 0 Å². The van der Waals surface area contributed by atoms with Crippen molar-refractivity contribution in [3.05, 3.63) is 47.4 Å². The zero-order valence-electron chi connectivity index (χ0n) is 14.9. The van der Waals surface area contributed by atoms with E-state index in [0.29, 0.717) is 17.6 Å². The monoisotopic (exact) mass is 364 g/mol. The molecule has 5 nitrogen and oxygen atoms in total. The number of ether oxygens (including phenoxy) is 1. The molecule has 2 aromatic rings. The molecule has 0 saturated carbocycles. The molecule has 140 valence electrons. The maximum atomic E-state index is 13.5. The van der Waals surface area contributed by atoms with Crippen LogP contribution in [0, 0.1) is 23.5 Å². The number of carbonyl (C=O) groups is 1. The van der Waals surface area contributed by atoms with Crippen molar-refractivity contribution < 1.29 is 22.8 Å². The van der Waals surface area contributed by atoms with Crippen molar-refractivity contribution in [2.24, 2.45) is 11.8 Å². The van der Waals surface area contributed by atoms with E-state index in [4.69, 9.17) is 9.26 Å². The lowest BCUT2D eigenvalue weighted by atomic mass is 9.97. The summed E-state index contributed by atoms with van der Waals surface area (Å²) in [6.45, 7) is 5.71. The van der Waals surface area contributed by atoms with Gasteiger partial charge in [-0.15, -0.1) is 0 Å². The highest BCUT2D eigenvalue weighted by Crippen LogP contribution is 2.25. The van der Waals surface area contributed by atoms with Gasteiger partial charge >= 0.3 is 0 Å². The van der Waals surface area contributed by atoms with Crippen LogP contribution in [0.15, 0.2) is 28.8 Å². The lowest BCUT2D eigenvalue weighted by molar-refractivity contribution is 0.0775. The summed E-state index contributed by atoms with van der Waals surface area (Å²) in [7, 11) is 0. The van der Waals surface area contributed by atoms with Crippen LogP contribution in [0.2, 0.25) is 0 Å². The van der Waals surface area contributed by atoms with Crippen LogP contribution >= 0.6 is 0 Å². The molecule has 1 aromatic carbocycles. The van der Waals surface area contributed by atoms with Gasteiger partial charge in [0.2, 0.25) is 0 Å². The van der Waals surface area contributed by atoms with E-state index < -0.39 is 11.6 Å². The number of amides is 1. The normalized spacial score (nSPS) is 17.1. The van der Waals surface area contributed by atoms with Crippen LogP contribution in [0.4, 0.5) is 8.78 Å². The van der Waals surface area contributed by atoms with E-state index in [9.17, 15) is 13.6 Å². The molecule has 1 aliphatic heterocycles. The molecule has 0 unspecified atom stereocenters. The SMILES string of the molecule is CC(C)C[C@H]1CCN(C(=O)c2cc(COc3ccc(F)cc3F)on2)C1. The van der Waals surface area contributed by atoms with Gasteiger partial charge in [-0.1, -0.05) is 19.0 Å². The zero-order valence-corrected chi connectivity index (χ0v) is 14.9. The van der Waals surface area contributed by atoms with Gasteiger partial charge in [-0.25, -0.2) is 8.78 Å². The van der Waals surface area contributed by atoms with E-state index in [1.807, 2.05) is 0 Å². The van der Waals surface area contributed by atoms with E-state index in [1.54, 1.807) is 4.90 Å². The fourth-order valence-electron chi connectivity index (χ4n) is 3.26. The number of likely N-dealkylation sites (tertiary alicyclic amines) is 1. The number of carbonyl (C=O) groups excluding carboxylic acids is 1. The van der Waals surface area contributed by atoms with E-state index in [0.717, 1.165) is 38.1 Å². The number of rotatable bonds is 6. The molecule has 1 amide bonds. The molecular formula is C19H22F2N2O3. The molecule has 0 N–H and O–H groups in total. The van der Waals surface area contributed by atoms with Gasteiger partial charge in [0, 0.05) is 25.2 Å². The second-order valence-corrected chi connectivity index (χ2v) is 7.08. The number of aromatic nitrogens is 1. The van der Waals surface area contributed by atoms with E-state index in [1.165, 1.54) is 12.1 Å². The highest BCUT2D eigenvalue weighted by Gasteiger charge is 2.29. The number of hydrogen-bond donors (Lipinski definition) is 0. The molecule has 2 heterocycles. The van der Waals surface area contributed by atoms with Gasteiger partial charge in [0.05, 0.1) is 0 Å². The lowest BCUT2D eigenvalue weighted by Gasteiger charge is -2.15.